The van der Waals surface area contributed by atoms with Crippen molar-refractivity contribution < 1.29 is 0 Å². The van der Waals surface area contributed by atoms with Crippen molar-refractivity contribution in [2.24, 2.45) is 17.6 Å². The third-order valence-electron chi connectivity index (χ3n) is 5.74. The molecule has 2 aromatic heterocycles. The van der Waals surface area contributed by atoms with Crippen LogP contribution in [0.1, 0.15) is 65.2 Å². The molecule has 7 N–H and O–H groups in total. The third-order valence-corrected chi connectivity index (χ3v) is 5.95. The first-order valence-electron chi connectivity index (χ1n) is 11.2. The molecule has 2 fully saturated rings. The Labute approximate surface area is 190 Å². The average molecular weight is 449 g/mol. The number of nitrogens with two attached hydrogens (primary N) is 3. The van der Waals surface area contributed by atoms with E-state index in [2.05, 4.69) is 39.1 Å². The second kappa shape index (κ2) is 13.3. The summed E-state index contributed by atoms with van der Waals surface area (Å²) in [5.74, 6) is 3.21. The molecule has 0 spiro atoms. The molecule has 2 saturated carbocycles. The summed E-state index contributed by atoms with van der Waals surface area (Å²) < 4.78 is 0. The minimum atomic E-state index is 0.206. The molecule has 172 valence electrons. The van der Waals surface area contributed by atoms with E-state index in [1.54, 1.807) is 12.3 Å². The molecule has 2 heterocycles. The van der Waals surface area contributed by atoms with E-state index in [4.69, 9.17) is 28.8 Å². The Balaban J connectivity index is 0.000000181. The zero-order valence-electron chi connectivity index (χ0n) is 18.7. The molecular weight excluding hydrogens is 412 g/mol. The van der Waals surface area contributed by atoms with Crippen molar-refractivity contribution in [2.45, 2.75) is 77.3 Å². The van der Waals surface area contributed by atoms with Crippen LogP contribution in [0, 0.1) is 11.8 Å². The average Bonchev–Trinajstić information content (AvgIpc) is 2.73. The van der Waals surface area contributed by atoms with Crippen LogP contribution in [0.3, 0.4) is 0 Å². The highest BCUT2D eigenvalue weighted by Gasteiger charge is 2.18. The van der Waals surface area contributed by atoms with Gasteiger partial charge in [0.05, 0.1) is 0 Å². The highest BCUT2D eigenvalue weighted by Crippen LogP contribution is 2.25. The van der Waals surface area contributed by atoms with E-state index in [9.17, 15) is 0 Å². The molecule has 31 heavy (non-hydrogen) atoms. The minimum absolute atomic E-state index is 0.206. The lowest BCUT2D eigenvalue weighted by Crippen LogP contribution is -2.25. The van der Waals surface area contributed by atoms with Crippen molar-refractivity contribution in [1.29, 1.82) is 0 Å². The first-order chi connectivity index (χ1) is 14.8. The fraction of sp³-hybridized carbons (Fsp3) is 0.636. The highest BCUT2D eigenvalue weighted by molar-refractivity contribution is 6.29. The zero-order valence-corrected chi connectivity index (χ0v) is 19.4. The summed E-state index contributed by atoms with van der Waals surface area (Å²) in [7, 11) is 0. The lowest BCUT2D eigenvalue weighted by atomic mass is 9.87. The van der Waals surface area contributed by atoms with Gasteiger partial charge >= 0.3 is 0 Å². The van der Waals surface area contributed by atoms with E-state index in [0.29, 0.717) is 23.2 Å². The molecule has 0 aliphatic heterocycles. The quantitative estimate of drug-likeness (QED) is 0.498. The van der Waals surface area contributed by atoms with Gasteiger partial charge in [0.2, 0.25) is 11.9 Å². The molecule has 0 aromatic carbocycles. The van der Waals surface area contributed by atoms with Crippen molar-refractivity contribution in [3.63, 3.8) is 0 Å². The number of rotatable bonds is 2. The molecule has 2 aromatic rings. The van der Waals surface area contributed by atoms with Gasteiger partial charge in [0, 0.05) is 24.5 Å². The van der Waals surface area contributed by atoms with Gasteiger partial charge in [-0.3, -0.25) is 0 Å². The summed E-state index contributed by atoms with van der Waals surface area (Å²) in [6.07, 6.45) is 13.5. The summed E-state index contributed by atoms with van der Waals surface area (Å²) in [6.45, 7) is 4.63. The monoisotopic (exact) mass is 448 g/mol. The van der Waals surface area contributed by atoms with Gasteiger partial charge in [-0.1, -0.05) is 25.4 Å². The molecule has 0 atom stereocenters. The summed E-state index contributed by atoms with van der Waals surface area (Å²) in [4.78, 5) is 15.2. The van der Waals surface area contributed by atoms with E-state index >= 15 is 0 Å². The molecule has 0 unspecified atom stereocenters. The third kappa shape index (κ3) is 10.6. The smallest absolute Gasteiger partial charge is 0.221 e. The van der Waals surface area contributed by atoms with Gasteiger partial charge in [-0.2, -0.15) is 4.98 Å². The highest BCUT2D eigenvalue weighted by atomic mass is 35.5. The Morgan fingerprint density at radius 1 is 0.806 bits per heavy atom. The number of halogens is 1. The van der Waals surface area contributed by atoms with Gasteiger partial charge in [-0.25, -0.2) is 15.0 Å². The van der Waals surface area contributed by atoms with Gasteiger partial charge in [0.15, 0.2) is 0 Å². The zero-order chi connectivity index (χ0) is 22.6. The number of nitrogens with one attached hydrogen (secondary N) is 1. The Morgan fingerprint density at radius 2 is 1.32 bits per heavy atom. The largest absolute Gasteiger partial charge is 0.368 e. The molecular formula is C22H37ClN8. The minimum Gasteiger partial charge on any atom is -0.368 e. The number of aromatic nitrogens is 4. The Bertz CT molecular complexity index is 731. The van der Waals surface area contributed by atoms with E-state index in [1.165, 1.54) is 57.6 Å². The number of nitrogens with zero attached hydrogens (tertiary/aromatic N) is 4. The van der Waals surface area contributed by atoms with Crippen LogP contribution in [0.25, 0.3) is 0 Å². The molecule has 0 amide bonds. The summed E-state index contributed by atoms with van der Waals surface area (Å²) in [6, 6.07) is 4.51. The maximum Gasteiger partial charge on any atom is 0.221 e. The van der Waals surface area contributed by atoms with Crippen LogP contribution >= 0.6 is 11.6 Å². The fourth-order valence-corrected chi connectivity index (χ4v) is 3.85. The summed E-state index contributed by atoms with van der Waals surface area (Å²) in [5, 5.41) is 3.78. The van der Waals surface area contributed by atoms with Gasteiger partial charge in [0.25, 0.3) is 0 Å². The van der Waals surface area contributed by atoms with E-state index in [0.717, 1.165) is 17.7 Å². The molecule has 0 radical (unpaired) electrons. The molecule has 2 aliphatic carbocycles. The Morgan fingerprint density at radius 3 is 1.77 bits per heavy atom. The van der Waals surface area contributed by atoms with Gasteiger partial charge < -0.3 is 22.5 Å². The number of nitrogen functional groups attached to an aromatic ring is 2. The van der Waals surface area contributed by atoms with E-state index < -0.39 is 0 Å². The predicted molar refractivity (Wildman–Crippen MR) is 129 cm³/mol. The maximum atomic E-state index is 5.70. The topological polar surface area (TPSA) is 142 Å². The van der Waals surface area contributed by atoms with Crippen LogP contribution in [0.5, 0.6) is 0 Å². The van der Waals surface area contributed by atoms with Crippen LogP contribution in [-0.2, 0) is 0 Å². The molecule has 8 nitrogen and oxygen atoms in total. The second-order valence-corrected chi connectivity index (χ2v) is 9.05. The van der Waals surface area contributed by atoms with Crippen LogP contribution < -0.4 is 22.5 Å². The SMILES string of the molecule is CC1CCC(N)CC1.CC1CCC(Nc2ccnc(N)n2)CC1.Nc1nccc(Cl)n1. The van der Waals surface area contributed by atoms with Gasteiger partial charge in [0.1, 0.15) is 11.0 Å². The standard InChI is InChI=1S/C11H18N4.C7H15N.C4H4ClN3/c1-8-2-4-9(5-3-8)14-10-6-7-13-11(12)15-10;1-6-2-4-7(8)5-3-6;5-3-1-2-7-4(6)8-3/h6-9H,2-5H2,1H3,(H3,12,13,14,15);6-7H,2-5,8H2,1H3;1-2H,(H2,6,7,8). The van der Waals surface area contributed by atoms with Gasteiger partial charge in [-0.15, -0.1) is 0 Å². The van der Waals surface area contributed by atoms with Crippen LogP contribution in [0.2, 0.25) is 5.15 Å². The van der Waals surface area contributed by atoms with Crippen LogP contribution in [-0.4, -0.2) is 32.0 Å². The molecule has 9 heteroatoms. The van der Waals surface area contributed by atoms with Crippen LogP contribution in [0.4, 0.5) is 17.7 Å². The van der Waals surface area contributed by atoms with Crippen molar-refractivity contribution in [3.05, 3.63) is 29.7 Å². The lowest BCUT2D eigenvalue weighted by molar-refractivity contribution is 0.348. The maximum absolute atomic E-state index is 5.70. The van der Waals surface area contributed by atoms with Crippen molar-refractivity contribution in [3.8, 4) is 0 Å². The van der Waals surface area contributed by atoms with Crippen molar-refractivity contribution in [2.75, 3.05) is 16.8 Å². The van der Waals surface area contributed by atoms with Crippen molar-refractivity contribution in [1.82, 2.24) is 19.9 Å². The van der Waals surface area contributed by atoms with Crippen LogP contribution in [0.15, 0.2) is 24.5 Å². The summed E-state index contributed by atoms with van der Waals surface area (Å²) in [5.41, 5.74) is 16.4. The molecule has 4 rings (SSSR count). The Hall–Kier alpha value is -2.19. The number of hydrogen-bond acceptors (Lipinski definition) is 8. The summed E-state index contributed by atoms with van der Waals surface area (Å²) >= 11 is 5.41. The van der Waals surface area contributed by atoms with Gasteiger partial charge in [-0.05, 0) is 75.3 Å². The van der Waals surface area contributed by atoms with E-state index in [-0.39, 0.29) is 5.95 Å². The predicted octanol–water partition coefficient (Wildman–Crippen LogP) is 4.29. The second-order valence-electron chi connectivity index (χ2n) is 8.66. The Kier molecular flexibility index (Phi) is 10.7. The number of anilines is 3. The van der Waals surface area contributed by atoms with Crippen molar-refractivity contribution >= 4 is 29.3 Å². The first-order valence-corrected chi connectivity index (χ1v) is 11.5. The molecule has 2 aliphatic rings. The fourth-order valence-electron chi connectivity index (χ4n) is 3.70. The molecule has 0 saturated heterocycles. The lowest BCUT2D eigenvalue weighted by Gasteiger charge is -2.27. The van der Waals surface area contributed by atoms with E-state index in [1.807, 2.05) is 6.07 Å². The normalized spacial score (nSPS) is 25.3. The molecule has 0 bridgehead atoms. The first kappa shape index (κ1) is 25.1. The number of hydrogen-bond donors (Lipinski definition) is 4.